The van der Waals surface area contributed by atoms with Crippen LogP contribution in [-0.2, 0) is 16.0 Å². The number of thiophene rings is 1. The summed E-state index contributed by atoms with van der Waals surface area (Å²) >= 11 is 1.77. The van der Waals surface area contributed by atoms with Gasteiger partial charge in [-0.3, -0.25) is 0 Å². The zero-order chi connectivity index (χ0) is 23.8. The molecule has 1 saturated carbocycles. The molecule has 1 unspecified atom stereocenters. The Bertz CT molecular complexity index is 764. The second kappa shape index (κ2) is 15.6. The van der Waals surface area contributed by atoms with Crippen LogP contribution in [0.4, 0.5) is 0 Å². The van der Waals surface area contributed by atoms with Crippen molar-refractivity contribution in [2.24, 2.45) is 11.7 Å². The second-order valence-corrected chi connectivity index (χ2v) is 9.52. The molecule has 32 heavy (non-hydrogen) atoms. The summed E-state index contributed by atoms with van der Waals surface area (Å²) in [5, 5.41) is 25.0. The second-order valence-electron chi connectivity index (χ2n) is 8.35. The van der Waals surface area contributed by atoms with Gasteiger partial charge in [-0.25, -0.2) is 9.59 Å². The lowest BCUT2D eigenvalue weighted by atomic mass is 9.86. The Morgan fingerprint density at radius 3 is 2.41 bits per heavy atom. The maximum atomic E-state index is 9.55. The Labute approximate surface area is 195 Å². The largest absolute Gasteiger partial charge is 0.478 e. The van der Waals surface area contributed by atoms with E-state index in [-0.39, 0.29) is 6.61 Å². The predicted octanol–water partition coefficient (Wildman–Crippen LogP) is 4.59. The summed E-state index contributed by atoms with van der Waals surface area (Å²) in [5.74, 6) is 5.11. The molecule has 0 radical (unpaired) electrons. The molecule has 0 aliphatic heterocycles. The summed E-state index contributed by atoms with van der Waals surface area (Å²) < 4.78 is 0. The van der Waals surface area contributed by atoms with Crippen LogP contribution in [0.5, 0.6) is 0 Å². The molecular weight excluding hydrogens is 426 g/mol. The van der Waals surface area contributed by atoms with Gasteiger partial charge in [-0.2, -0.15) is 0 Å². The average Bonchev–Trinajstić information content (AvgIpc) is 3.25. The minimum atomic E-state index is -1.26. The van der Waals surface area contributed by atoms with Crippen molar-refractivity contribution in [3.63, 3.8) is 0 Å². The number of aliphatic hydroxyl groups excluding tert-OH is 1. The number of hydrogen-bond acceptors (Lipinski definition) is 5. The fraction of sp³-hybridized carbons (Fsp3) is 0.600. The smallest absolute Gasteiger partial charge is 0.328 e. The first-order valence-corrected chi connectivity index (χ1v) is 12.2. The molecule has 0 saturated heterocycles. The highest BCUT2D eigenvalue weighted by atomic mass is 32.1. The highest BCUT2D eigenvalue weighted by molar-refractivity contribution is 7.12. The van der Waals surface area contributed by atoms with E-state index in [1.54, 1.807) is 11.3 Å². The molecule has 0 spiro atoms. The van der Waals surface area contributed by atoms with Crippen LogP contribution in [0, 0.1) is 17.8 Å². The van der Waals surface area contributed by atoms with Crippen molar-refractivity contribution in [2.45, 2.75) is 83.1 Å². The lowest BCUT2D eigenvalue weighted by Crippen LogP contribution is -2.43. The molecule has 1 aliphatic rings. The minimum Gasteiger partial charge on any atom is -0.478 e. The van der Waals surface area contributed by atoms with Gasteiger partial charge in [0.1, 0.15) is 0 Å². The third-order valence-corrected chi connectivity index (χ3v) is 6.83. The van der Waals surface area contributed by atoms with Crippen LogP contribution in [0.1, 0.15) is 80.9 Å². The van der Waals surface area contributed by atoms with Gasteiger partial charge in [0.2, 0.25) is 0 Å². The summed E-state index contributed by atoms with van der Waals surface area (Å²) in [7, 11) is 0. The molecular formula is C25H37NO5S. The van der Waals surface area contributed by atoms with E-state index >= 15 is 0 Å². The molecule has 1 aliphatic carbocycles. The molecule has 1 aromatic rings. The number of aryl methyl sites for hydroxylation is 1. The van der Waals surface area contributed by atoms with Gasteiger partial charge in [0.05, 0.1) is 11.5 Å². The fourth-order valence-corrected chi connectivity index (χ4v) is 4.45. The maximum absolute atomic E-state index is 9.55. The molecule has 0 aromatic carbocycles. The molecule has 7 heteroatoms. The summed E-state index contributed by atoms with van der Waals surface area (Å²) in [6.45, 7) is 2.09. The van der Waals surface area contributed by atoms with E-state index in [1.165, 1.54) is 49.8 Å². The zero-order valence-corrected chi connectivity index (χ0v) is 19.8. The van der Waals surface area contributed by atoms with E-state index in [0.717, 1.165) is 36.5 Å². The molecule has 1 heterocycles. The third-order valence-electron chi connectivity index (χ3n) is 5.77. The molecule has 6 nitrogen and oxygen atoms in total. The van der Waals surface area contributed by atoms with Gasteiger partial charge in [-0.15, -0.1) is 11.3 Å². The summed E-state index contributed by atoms with van der Waals surface area (Å²) in [5.41, 5.74) is 5.72. The van der Waals surface area contributed by atoms with Gasteiger partial charge in [-0.1, -0.05) is 50.9 Å². The Balaban J connectivity index is 0.000000547. The van der Waals surface area contributed by atoms with Crippen LogP contribution in [-0.4, -0.2) is 39.4 Å². The van der Waals surface area contributed by atoms with Gasteiger partial charge >= 0.3 is 11.9 Å². The molecule has 5 N–H and O–H groups in total. The molecule has 1 atom stereocenters. The third kappa shape index (κ3) is 12.7. The van der Waals surface area contributed by atoms with E-state index in [9.17, 15) is 14.7 Å². The molecule has 1 fully saturated rings. The molecule has 0 amide bonds. The topological polar surface area (TPSA) is 121 Å². The number of unbranched alkanes of at least 4 members (excludes halogenated alkanes) is 1. The standard InChI is InChI=1S/C21H33NOS.C4H4O4/c1-2-21(22,17-23)16-15-20-14-13-19(24-20)12-8-4-7-11-18-9-5-3-6-10-18;5-3(6)1-2-4(7)8/h13-14,18,23H,2-7,9-11,15-17,22H2,1H3;1-2H,(H,5,6)(H,7,8)/b;2-1-. The average molecular weight is 464 g/mol. The maximum Gasteiger partial charge on any atom is 0.328 e. The van der Waals surface area contributed by atoms with E-state index in [1.807, 2.05) is 6.92 Å². The first-order valence-electron chi connectivity index (χ1n) is 11.4. The number of aliphatic carboxylic acids is 2. The van der Waals surface area contributed by atoms with Crippen molar-refractivity contribution in [1.29, 1.82) is 0 Å². The molecule has 2 rings (SSSR count). The van der Waals surface area contributed by atoms with Crippen LogP contribution >= 0.6 is 11.3 Å². The monoisotopic (exact) mass is 463 g/mol. The van der Waals surface area contributed by atoms with Gasteiger partial charge in [0.15, 0.2) is 0 Å². The van der Waals surface area contributed by atoms with Gasteiger partial charge in [0.25, 0.3) is 0 Å². The SMILES string of the molecule is CCC(N)(CO)CCc1ccc(C#CCCCC2CCCCC2)s1.O=C(O)/C=C\C(=O)O. The quantitative estimate of drug-likeness (QED) is 0.229. The Kier molecular flexibility index (Phi) is 13.6. The Morgan fingerprint density at radius 1 is 1.19 bits per heavy atom. The normalized spacial score (nSPS) is 15.8. The molecule has 0 bridgehead atoms. The predicted molar refractivity (Wildman–Crippen MR) is 129 cm³/mol. The van der Waals surface area contributed by atoms with Gasteiger partial charge < -0.3 is 21.1 Å². The Hall–Kier alpha value is -2.14. The number of rotatable bonds is 10. The summed E-state index contributed by atoms with van der Waals surface area (Å²) in [4.78, 5) is 21.6. The van der Waals surface area contributed by atoms with E-state index < -0.39 is 17.5 Å². The Morgan fingerprint density at radius 2 is 1.84 bits per heavy atom. The van der Waals surface area contributed by atoms with Crippen molar-refractivity contribution < 1.29 is 24.9 Å². The van der Waals surface area contributed by atoms with Crippen LogP contribution in [0.2, 0.25) is 0 Å². The first kappa shape index (κ1) is 27.9. The van der Waals surface area contributed by atoms with Gasteiger partial charge in [0, 0.05) is 29.0 Å². The summed E-state index contributed by atoms with van der Waals surface area (Å²) in [6, 6.07) is 4.28. The molecule has 178 valence electrons. The number of carboxylic acid groups (broad SMARTS) is 2. The minimum absolute atomic E-state index is 0.0581. The van der Waals surface area contributed by atoms with Crippen LogP contribution in [0.3, 0.4) is 0 Å². The highest BCUT2D eigenvalue weighted by Crippen LogP contribution is 2.27. The molecule has 1 aromatic heterocycles. The number of hydrogen-bond donors (Lipinski definition) is 4. The lowest BCUT2D eigenvalue weighted by Gasteiger charge is -2.25. The number of carbonyl (C=O) groups is 2. The van der Waals surface area contributed by atoms with Crippen molar-refractivity contribution in [3.05, 3.63) is 34.0 Å². The van der Waals surface area contributed by atoms with Crippen molar-refractivity contribution in [3.8, 4) is 11.8 Å². The van der Waals surface area contributed by atoms with Crippen molar-refractivity contribution in [1.82, 2.24) is 0 Å². The highest BCUT2D eigenvalue weighted by Gasteiger charge is 2.21. The van der Waals surface area contributed by atoms with E-state index in [0.29, 0.717) is 12.2 Å². The summed E-state index contributed by atoms with van der Waals surface area (Å²) in [6.07, 6.45) is 14.5. The van der Waals surface area contributed by atoms with Crippen molar-refractivity contribution in [2.75, 3.05) is 6.61 Å². The van der Waals surface area contributed by atoms with E-state index in [4.69, 9.17) is 15.9 Å². The fourth-order valence-electron chi connectivity index (χ4n) is 3.57. The van der Waals surface area contributed by atoms with Crippen LogP contribution in [0.15, 0.2) is 24.3 Å². The van der Waals surface area contributed by atoms with Crippen LogP contribution in [0.25, 0.3) is 0 Å². The first-order chi connectivity index (χ1) is 15.3. The van der Waals surface area contributed by atoms with Crippen LogP contribution < -0.4 is 5.73 Å². The van der Waals surface area contributed by atoms with Gasteiger partial charge in [-0.05, 0) is 50.2 Å². The number of aliphatic hydroxyl groups is 1. The number of nitrogens with two attached hydrogens (primary N) is 1. The number of carboxylic acids is 2. The lowest BCUT2D eigenvalue weighted by molar-refractivity contribution is -0.134. The zero-order valence-electron chi connectivity index (χ0n) is 19.0. The van der Waals surface area contributed by atoms with E-state index in [2.05, 4.69) is 24.0 Å². The van der Waals surface area contributed by atoms with Crippen molar-refractivity contribution >= 4 is 23.3 Å².